The van der Waals surface area contributed by atoms with Crippen LogP contribution in [0.2, 0.25) is 0 Å². The van der Waals surface area contributed by atoms with E-state index in [1.165, 1.54) is 32.0 Å². The van der Waals surface area contributed by atoms with Crippen molar-refractivity contribution in [1.82, 2.24) is 19.9 Å². The zero-order chi connectivity index (χ0) is 27.3. The lowest BCUT2D eigenvalue weighted by atomic mass is 9.90. The van der Waals surface area contributed by atoms with E-state index in [-0.39, 0.29) is 59.9 Å². The van der Waals surface area contributed by atoms with Crippen LogP contribution in [0.25, 0.3) is 11.0 Å². The molecule has 2 aromatic heterocycles. The number of likely N-dealkylation sites (tertiary alicyclic amines) is 1. The van der Waals surface area contributed by atoms with Gasteiger partial charge in [0.05, 0.1) is 28.7 Å². The summed E-state index contributed by atoms with van der Waals surface area (Å²) in [5.74, 6) is -5.25. The van der Waals surface area contributed by atoms with Crippen LogP contribution in [0.4, 0.5) is 23.4 Å². The number of anilines is 1. The maximum absolute atomic E-state index is 15.8. The van der Waals surface area contributed by atoms with Crippen LogP contribution >= 0.6 is 0 Å². The number of aromatic nitrogens is 3. The first-order valence-electron chi connectivity index (χ1n) is 11.8. The highest BCUT2D eigenvalue weighted by atomic mass is 19.3. The molecule has 1 fully saturated rings. The zero-order valence-electron chi connectivity index (χ0n) is 20.8. The van der Waals surface area contributed by atoms with Crippen LogP contribution in [0, 0.1) is 5.82 Å². The number of halogens is 4. The maximum Gasteiger partial charge on any atom is 0.303 e. The van der Waals surface area contributed by atoms with E-state index in [0.29, 0.717) is 0 Å². The second-order valence-corrected chi connectivity index (χ2v) is 9.98. The van der Waals surface area contributed by atoms with Crippen molar-refractivity contribution in [3.63, 3.8) is 0 Å². The van der Waals surface area contributed by atoms with E-state index in [9.17, 15) is 23.8 Å². The van der Waals surface area contributed by atoms with Crippen LogP contribution in [0.5, 0.6) is 6.01 Å². The SMILES string of the molecule is CC(=O)N1CCC(F)(c2cc3c(N[C@H](C)c4cccc(C(F)(F)C(C)(C)O)c4F)nc([O-])nc3[nH]2)CC1. The minimum atomic E-state index is -3.87. The standard InChI is InChI=1S/C25H29F4N5O3/c1-13(15-6-5-7-17(19(15)26)25(28,29)23(3,4)37)30-20-16-12-18(31-21(16)33-22(36)32-20)24(27)8-10-34(11-9-24)14(2)35/h5-7,12-13,37H,8-11H2,1-4H3,(H3,30,31,32,33,36)/p-1/t13-/m1/s1. The molecule has 12 heteroatoms. The van der Waals surface area contributed by atoms with Crippen molar-refractivity contribution in [3.8, 4) is 6.01 Å². The smallest absolute Gasteiger partial charge is 0.303 e. The molecule has 1 aliphatic heterocycles. The molecular weight excluding hydrogens is 494 g/mol. The average Bonchev–Trinajstić information content (AvgIpc) is 3.23. The van der Waals surface area contributed by atoms with E-state index in [1.54, 1.807) is 4.90 Å². The number of hydrogen-bond acceptors (Lipinski definition) is 6. The molecule has 0 saturated carbocycles. The molecule has 8 nitrogen and oxygen atoms in total. The molecule has 0 unspecified atom stereocenters. The summed E-state index contributed by atoms with van der Waals surface area (Å²) in [6, 6.07) is 3.09. The number of benzene rings is 1. The molecule has 0 spiro atoms. The molecule has 1 aromatic carbocycles. The van der Waals surface area contributed by atoms with E-state index >= 15 is 8.78 Å². The summed E-state index contributed by atoms with van der Waals surface area (Å²) in [4.78, 5) is 23.6. The third-order valence-electron chi connectivity index (χ3n) is 6.91. The van der Waals surface area contributed by atoms with Gasteiger partial charge in [0.2, 0.25) is 5.91 Å². The number of H-pyrrole nitrogens is 1. The van der Waals surface area contributed by atoms with Crippen molar-refractivity contribution >= 4 is 22.8 Å². The number of alkyl halides is 3. The van der Waals surface area contributed by atoms with Gasteiger partial charge in [0, 0.05) is 38.4 Å². The minimum Gasteiger partial charge on any atom is -0.844 e. The number of rotatable bonds is 6. The summed E-state index contributed by atoms with van der Waals surface area (Å²) in [5, 5.41) is 25.1. The topological polar surface area (TPSA) is 117 Å². The van der Waals surface area contributed by atoms with Crippen LogP contribution in [0.1, 0.15) is 63.4 Å². The van der Waals surface area contributed by atoms with Crippen molar-refractivity contribution < 1.29 is 32.6 Å². The van der Waals surface area contributed by atoms with Gasteiger partial charge in [0.25, 0.3) is 0 Å². The first-order chi connectivity index (χ1) is 17.1. The number of fused-ring (bicyclic) bond motifs is 1. The summed E-state index contributed by atoms with van der Waals surface area (Å²) in [7, 11) is 0. The molecule has 3 heterocycles. The Balaban J connectivity index is 1.66. The van der Waals surface area contributed by atoms with E-state index < -0.39 is 40.6 Å². The Morgan fingerprint density at radius 2 is 1.92 bits per heavy atom. The number of nitrogens with zero attached hydrogens (tertiary/aromatic N) is 3. The first kappa shape index (κ1) is 26.6. The van der Waals surface area contributed by atoms with Crippen LogP contribution < -0.4 is 10.4 Å². The summed E-state index contributed by atoms with van der Waals surface area (Å²) in [5.41, 5.74) is -5.18. The number of hydrogen-bond donors (Lipinski definition) is 3. The first-order valence-corrected chi connectivity index (χ1v) is 11.8. The van der Waals surface area contributed by atoms with Gasteiger partial charge in [0.1, 0.15) is 22.9 Å². The number of nitrogens with one attached hydrogen (secondary N) is 2. The van der Waals surface area contributed by atoms with Gasteiger partial charge in [-0.2, -0.15) is 8.78 Å². The molecule has 1 amide bonds. The van der Waals surface area contributed by atoms with Crippen molar-refractivity contribution in [2.24, 2.45) is 0 Å². The number of aliphatic hydroxyl groups is 1. The predicted octanol–water partition coefficient (Wildman–Crippen LogP) is 4.01. The van der Waals surface area contributed by atoms with Crippen molar-refractivity contribution in [2.75, 3.05) is 18.4 Å². The number of carbonyl (C=O) groups is 1. The average molecular weight is 523 g/mol. The largest absolute Gasteiger partial charge is 0.844 e. The quantitative estimate of drug-likeness (QED) is 0.421. The van der Waals surface area contributed by atoms with Crippen LogP contribution in [0.15, 0.2) is 24.3 Å². The fourth-order valence-electron chi connectivity index (χ4n) is 4.52. The molecule has 37 heavy (non-hydrogen) atoms. The van der Waals surface area contributed by atoms with Crippen LogP contribution in [-0.2, 0) is 16.4 Å². The number of aromatic amines is 1. The van der Waals surface area contributed by atoms with Crippen molar-refractivity contribution in [2.45, 2.75) is 63.8 Å². The van der Waals surface area contributed by atoms with Gasteiger partial charge in [-0.25, -0.2) is 18.7 Å². The molecule has 1 atom stereocenters. The molecule has 0 aliphatic carbocycles. The maximum atomic E-state index is 15.8. The Kier molecular flexibility index (Phi) is 6.60. The van der Waals surface area contributed by atoms with Gasteiger partial charge < -0.3 is 25.4 Å². The lowest BCUT2D eigenvalue weighted by molar-refractivity contribution is -0.281. The van der Waals surface area contributed by atoms with Crippen molar-refractivity contribution in [3.05, 3.63) is 46.9 Å². The lowest BCUT2D eigenvalue weighted by Crippen LogP contribution is -2.42. The fraction of sp³-hybridized carbons (Fsp3) is 0.480. The molecule has 0 bridgehead atoms. The van der Waals surface area contributed by atoms with Gasteiger partial charge in [-0.3, -0.25) is 4.79 Å². The van der Waals surface area contributed by atoms with Gasteiger partial charge in [-0.05, 0) is 32.9 Å². The second kappa shape index (κ2) is 9.16. The Morgan fingerprint density at radius 3 is 2.51 bits per heavy atom. The van der Waals surface area contributed by atoms with Gasteiger partial charge in [0.15, 0.2) is 5.67 Å². The molecule has 1 saturated heterocycles. The van der Waals surface area contributed by atoms with E-state index in [0.717, 1.165) is 19.9 Å². The second-order valence-electron chi connectivity index (χ2n) is 9.98. The molecule has 0 radical (unpaired) electrons. The Hall–Kier alpha value is -3.41. The van der Waals surface area contributed by atoms with Crippen molar-refractivity contribution in [1.29, 1.82) is 0 Å². The van der Waals surface area contributed by atoms with Crippen LogP contribution in [-0.4, -0.2) is 49.6 Å². The third kappa shape index (κ3) is 4.81. The molecule has 200 valence electrons. The lowest BCUT2D eigenvalue weighted by Gasteiger charge is -2.35. The fourth-order valence-corrected chi connectivity index (χ4v) is 4.52. The van der Waals surface area contributed by atoms with Crippen LogP contribution in [0.3, 0.4) is 0 Å². The molecule has 3 aromatic rings. The summed E-state index contributed by atoms with van der Waals surface area (Å²) >= 11 is 0. The monoisotopic (exact) mass is 522 g/mol. The highest BCUT2D eigenvalue weighted by Crippen LogP contribution is 2.42. The predicted molar refractivity (Wildman–Crippen MR) is 126 cm³/mol. The summed E-state index contributed by atoms with van der Waals surface area (Å²) in [6.07, 6.45) is 0.0906. The van der Waals surface area contributed by atoms with E-state index in [4.69, 9.17) is 0 Å². The molecule has 3 N–H and O–H groups in total. The number of piperidine rings is 1. The Bertz CT molecular complexity index is 1330. The number of carbonyl (C=O) groups excluding carboxylic acids is 1. The number of amides is 1. The Labute approximate surface area is 210 Å². The normalized spacial score (nSPS) is 17.2. The molecule has 1 aliphatic rings. The summed E-state index contributed by atoms with van der Waals surface area (Å²) < 4.78 is 60.4. The van der Waals surface area contributed by atoms with Gasteiger partial charge in [-0.15, -0.1) is 0 Å². The Morgan fingerprint density at radius 1 is 1.27 bits per heavy atom. The highest BCUT2D eigenvalue weighted by Gasteiger charge is 2.49. The molecular formula is C25H28F4N5O3-. The zero-order valence-corrected chi connectivity index (χ0v) is 20.8. The summed E-state index contributed by atoms with van der Waals surface area (Å²) in [6.45, 7) is 5.14. The van der Waals surface area contributed by atoms with E-state index in [1.807, 2.05) is 0 Å². The van der Waals surface area contributed by atoms with E-state index in [2.05, 4.69) is 20.3 Å². The van der Waals surface area contributed by atoms with Gasteiger partial charge in [-0.1, -0.05) is 12.1 Å². The minimum absolute atomic E-state index is 0.0196. The highest BCUT2D eigenvalue weighted by molar-refractivity contribution is 5.88. The molecule has 4 rings (SSSR count). The van der Waals surface area contributed by atoms with Gasteiger partial charge >= 0.3 is 5.92 Å². The third-order valence-corrected chi connectivity index (χ3v) is 6.91.